The van der Waals surface area contributed by atoms with E-state index in [1.165, 1.54) is 11.3 Å². The Morgan fingerprint density at radius 1 is 1.19 bits per heavy atom. The Morgan fingerprint density at radius 2 is 2.15 bits per heavy atom. The zero-order valence-corrected chi connectivity index (χ0v) is 15.1. The molecule has 2 bridgehead atoms. The van der Waals surface area contributed by atoms with E-state index in [4.69, 9.17) is 4.98 Å². The molecular weight excluding hydrogens is 340 g/mol. The van der Waals surface area contributed by atoms with Crippen LogP contribution in [0, 0.1) is 0 Å². The second-order valence-corrected chi connectivity index (χ2v) is 7.22. The number of hydrogen-bond acceptors (Lipinski definition) is 5. The van der Waals surface area contributed by atoms with Gasteiger partial charge in [0.1, 0.15) is 11.4 Å². The van der Waals surface area contributed by atoms with E-state index in [-0.39, 0.29) is 11.9 Å². The van der Waals surface area contributed by atoms with Crippen molar-refractivity contribution < 1.29 is 4.79 Å². The summed E-state index contributed by atoms with van der Waals surface area (Å²) in [5, 5.41) is 7.28. The SMILES string of the molecule is O=C1NCCCCc2ncccc2[C@H]2CCCN2c2ccn3ncc1c3n2. The maximum atomic E-state index is 12.6. The monoisotopic (exact) mass is 362 g/mol. The summed E-state index contributed by atoms with van der Waals surface area (Å²) in [7, 11) is 0. The lowest BCUT2D eigenvalue weighted by Crippen LogP contribution is -2.27. The summed E-state index contributed by atoms with van der Waals surface area (Å²) in [6.45, 7) is 1.60. The molecule has 1 atom stereocenters. The highest BCUT2D eigenvalue weighted by Crippen LogP contribution is 2.36. The van der Waals surface area contributed by atoms with Crippen molar-refractivity contribution in [3.05, 3.63) is 53.6 Å². The molecule has 1 saturated heterocycles. The summed E-state index contributed by atoms with van der Waals surface area (Å²) >= 11 is 0. The van der Waals surface area contributed by atoms with Gasteiger partial charge in [0.15, 0.2) is 5.65 Å². The fourth-order valence-electron chi connectivity index (χ4n) is 4.22. The first-order valence-corrected chi connectivity index (χ1v) is 9.64. The third-order valence-electron chi connectivity index (χ3n) is 5.56. The Morgan fingerprint density at radius 3 is 3.11 bits per heavy atom. The molecular formula is C20H22N6O. The smallest absolute Gasteiger partial charge is 0.256 e. The van der Waals surface area contributed by atoms with Crippen molar-refractivity contribution in [2.45, 2.75) is 38.1 Å². The summed E-state index contributed by atoms with van der Waals surface area (Å²) < 4.78 is 1.67. The van der Waals surface area contributed by atoms with Gasteiger partial charge in [0.05, 0.1) is 12.2 Å². The molecule has 3 aromatic heterocycles. The van der Waals surface area contributed by atoms with Crippen molar-refractivity contribution in [3.8, 4) is 0 Å². The van der Waals surface area contributed by atoms with Crippen LogP contribution in [0.5, 0.6) is 0 Å². The van der Waals surface area contributed by atoms with Crippen molar-refractivity contribution in [2.24, 2.45) is 0 Å². The molecule has 2 aliphatic rings. The normalized spacial score (nSPS) is 20.2. The molecule has 0 unspecified atom stereocenters. The van der Waals surface area contributed by atoms with Crippen LogP contribution in [0.3, 0.4) is 0 Å². The van der Waals surface area contributed by atoms with E-state index in [1.54, 1.807) is 10.7 Å². The molecule has 0 radical (unpaired) electrons. The molecule has 1 N–H and O–H groups in total. The summed E-state index contributed by atoms with van der Waals surface area (Å²) in [5.41, 5.74) is 3.63. The minimum Gasteiger partial charge on any atom is -0.352 e. The van der Waals surface area contributed by atoms with Gasteiger partial charge in [0.2, 0.25) is 0 Å². The number of anilines is 1. The Balaban J connectivity index is 1.64. The third-order valence-corrected chi connectivity index (χ3v) is 5.56. The molecule has 1 amide bonds. The molecule has 5 rings (SSSR count). The van der Waals surface area contributed by atoms with E-state index in [9.17, 15) is 4.79 Å². The standard InChI is InChI=1S/C20H22N6O/c27-20-15-13-23-26-12-8-18(24-19(15)26)25-11-4-7-17(25)14-5-3-10-21-16(14)6-1-2-9-22-20/h3,5,8,10,12-13,17H,1-2,4,6-7,9,11H2,(H,22,27)/t17-/m1/s1. The number of nitrogens with one attached hydrogen (secondary N) is 1. The molecule has 2 aliphatic heterocycles. The van der Waals surface area contributed by atoms with Gasteiger partial charge in [-0.15, -0.1) is 0 Å². The van der Waals surface area contributed by atoms with E-state index in [0.717, 1.165) is 44.5 Å². The Bertz CT molecular complexity index is 997. The van der Waals surface area contributed by atoms with Crippen LogP contribution in [0.2, 0.25) is 0 Å². The highest BCUT2D eigenvalue weighted by molar-refractivity contribution is 5.99. The van der Waals surface area contributed by atoms with E-state index < -0.39 is 0 Å². The van der Waals surface area contributed by atoms with Gasteiger partial charge in [0, 0.05) is 31.2 Å². The van der Waals surface area contributed by atoms with Gasteiger partial charge >= 0.3 is 0 Å². The van der Waals surface area contributed by atoms with Gasteiger partial charge in [0.25, 0.3) is 5.91 Å². The number of carbonyl (C=O) groups is 1. The first-order valence-electron chi connectivity index (χ1n) is 9.64. The van der Waals surface area contributed by atoms with Crippen molar-refractivity contribution in [1.29, 1.82) is 0 Å². The largest absolute Gasteiger partial charge is 0.352 e. The number of hydrogen-bond donors (Lipinski definition) is 1. The van der Waals surface area contributed by atoms with Gasteiger partial charge in [-0.3, -0.25) is 9.78 Å². The summed E-state index contributed by atoms with van der Waals surface area (Å²) in [4.78, 5) is 24.4. The van der Waals surface area contributed by atoms with Gasteiger partial charge in [-0.1, -0.05) is 6.07 Å². The van der Waals surface area contributed by atoms with Crippen LogP contribution < -0.4 is 10.2 Å². The highest BCUT2D eigenvalue weighted by Gasteiger charge is 2.30. The minimum absolute atomic E-state index is 0.108. The van der Waals surface area contributed by atoms with E-state index >= 15 is 0 Å². The Kier molecular flexibility index (Phi) is 3.99. The molecule has 0 aliphatic carbocycles. The number of rotatable bonds is 0. The molecule has 138 valence electrons. The number of amides is 1. The van der Waals surface area contributed by atoms with Crippen LogP contribution in [-0.2, 0) is 6.42 Å². The maximum Gasteiger partial charge on any atom is 0.256 e. The van der Waals surface area contributed by atoms with Crippen LogP contribution in [-0.4, -0.2) is 38.6 Å². The van der Waals surface area contributed by atoms with Crippen LogP contribution >= 0.6 is 0 Å². The predicted molar refractivity (Wildman–Crippen MR) is 102 cm³/mol. The number of carbonyl (C=O) groups excluding carboxylic acids is 1. The molecule has 1 fully saturated rings. The molecule has 27 heavy (non-hydrogen) atoms. The number of aromatic nitrogens is 4. The molecule has 0 aromatic carbocycles. The molecule has 5 heterocycles. The number of aryl methyl sites for hydroxylation is 1. The summed E-state index contributed by atoms with van der Waals surface area (Å²) in [5.74, 6) is 0.787. The van der Waals surface area contributed by atoms with E-state index in [1.807, 2.05) is 24.5 Å². The average Bonchev–Trinajstić information content (AvgIpc) is 3.34. The zero-order chi connectivity index (χ0) is 18.2. The molecule has 3 aromatic rings. The van der Waals surface area contributed by atoms with Gasteiger partial charge in [-0.25, -0.2) is 9.50 Å². The fraction of sp³-hybridized carbons (Fsp3) is 0.400. The van der Waals surface area contributed by atoms with Crippen molar-refractivity contribution in [2.75, 3.05) is 18.0 Å². The summed E-state index contributed by atoms with van der Waals surface area (Å²) in [6, 6.07) is 6.51. The van der Waals surface area contributed by atoms with Crippen LogP contribution in [0.1, 0.15) is 53.3 Å². The number of pyridine rings is 1. The second-order valence-electron chi connectivity index (χ2n) is 7.22. The van der Waals surface area contributed by atoms with Crippen LogP contribution in [0.4, 0.5) is 5.82 Å². The third kappa shape index (κ3) is 2.83. The highest BCUT2D eigenvalue weighted by atomic mass is 16.1. The van der Waals surface area contributed by atoms with Crippen LogP contribution in [0.25, 0.3) is 5.65 Å². The number of nitrogens with zero attached hydrogens (tertiary/aromatic N) is 5. The van der Waals surface area contributed by atoms with Crippen LogP contribution in [0.15, 0.2) is 36.8 Å². The average molecular weight is 362 g/mol. The Hall–Kier alpha value is -2.96. The lowest BCUT2D eigenvalue weighted by atomic mass is 9.99. The van der Waals surface area contributed by atoms with Gasteiger partial charge < -0.3 is 10.2 Å². The number of fused-ring (bicyclic) bond motifs is 5. The first kappa shape index (κ1) is 16.2. The van der Waals surface area contributed by atoms with Gasteiger partial charge in [-0.05, 0) is 49.8 Å². The first-order chi connectivity index (χ1) is 13.3. The lowest BCUT2D eigenvalue weighted by Gasteiger charge is -2.27. The topological polar surface area (TPSA) is 75.4 Å². The molecule has 7 heteroatoms. The van der Waals surface area contributed by atoms with Crippen molar-refractivity contribution >= 4 is 17.4 Å². The van der Waals surface area contributed by atoms with E-state index in [2.05, 4.69) is 26.4 Å². The van der Waals surface area contributed by atoms with E-state index in [0.29, 0.717) is 17.8 Å². The summed E-state index contributed by atoms with van der Waals surface area (Å²) in [6.07, 6.45) is 10.5. The van der Waals surface area contributed by atoms with Crippen molar-refractivity contribution in [1.82, 2.24) is 24.9 Å². The second kappa shape index (κ2) is 6.64. The van der Waals surface area contributed by atoms with Crippen molar-refractivity contribution in [3.63, 3.8) is 0 Å². The maximum absolute atomic E-state index is 12.6. The quantitative estimate of drug-likeness (QED) is 0.665. The zero-order valence-electron chi connectivity index (χ0n) is 15.1. The molecule has 0 spiro atoms. The Labute approximate surface area is 157 Å². The predicted octanol–water partition coefficient (Wildman–Crippen LogP) is 2.53. The molecule has 7 nitrogen and oxygen atoms in total. The lowest BCUT2D eigenvalue weighted by molar-refractivity contribution is 0.0954. The molecule has 0 saturated carbocycles. The minimum atomic E-state index is -0.108. The fourth-order valence-corrected chi connectivity index (χ4v) is 4.22. The van der Waals surface area contributed by atoms with Gasteiger partial charge in [-0.2, -0.15) is 5.10 Å².